The van der Waals surface area contributed by atoms with E-state index in [1.165, 1.54) is 0 Å². The Morgan fingerprint density at radius 1 is 1.10 bits per heavy atom. The van der Waals surface area contributed by atoms with Crippen molar-refractivity contribution in [3.63, 3.8) is 0 Å². The molecule has 8 nitrogen and oxygen atoms in total. The zero-order valence-corrected chi connectivity index (χ0v) is 16.6. The van der Waals surface area contributed by atoms with Gasteiger partial charge >= 0.3 is 0 Å². The molecule has 0 aromatic carbocycles. The second-order valence-corrected chi connectivity index (χ2v) is 7.37. The van der Waals surface area contributed by atoms with Crippen molar-refractivity contribution in [2.75, 3.05) is 11.9 Å². The zero-order chi connectivity index (χ0) is 20.4. The summed E-state index contributed by atoms with van der Waals surface area (Å²) >= 11 is 0. The van der Waals surface area contributed by atoms with Gasteiger partial charge in [-0.15, -0.1) is 0 Å². The molecule has 3 aromatic heterocycles. The molecular weight excluding hydrogens is 372 g/mol. The molecule has 29 heavy (non-hydrogen) atoms. The van der Waals surface area contributed by atoms with Crippen molar-refractivity contribution in [3.8, 4) is 0 Å². The molecular formula is C21H24N4O4. The zero-order valence-electron chi connectivity index (χ0n) is 16.6. The molecule has 152 valence electrons. The summed E-state index contributed by atoms with van der Waals surface area (Å²) in [5.74, 6) is 1.63. The maximum atomic E-state index is 12.9. The number of likely N-dealkylation sites (tertiary alicyclic amines) is 1. The highest BCUT2D eigenvalue weighted by Gasteiger charge is 2.29. The Morgan fingerprint density at radius 3 is 2.52 bits per heavy atom. The summed E-state index contributed by atoms with van der Waals surface area (Å²) in [5.41, 5.74) is 0.583. The van der Waals surface area contributed by atoms with Crippen LogP contribution < -0.4 is 5.32 Å². The molecule has 0 radical (unpaired) electrons. The first kappa shape index (κ1) is 19.0. The van der Waals surface area contributed by atoms with Crippen LogP contribution in [0.15, 0.2) is 45.5 Å². The normalized spacial score (nSPS) is 16.8. The van der Waals surface area contributed by atoms with E-state index in [9.17, 15) is 9.59 Å². The van der Waals surface area contributed by atoms with Gasteiger partial charge in [0.05, 0.1) is 24.5 Å². The smallest absolute Gasteiger partial charge is 0.291 e. The number of aromatic nitrogens is 2. The number of piperidine rings is 1. The van der Waals surface area contributed by atoms with Gasteiger partial charge in [-0.25, -0.2) is 0 Å². The Hall–Kier alpha value is -3.29. The van der Waals surface area contributed by atoms with Crippen LogP contribution in [0.5, 0.6) is 0 Å². The van der Waals surface area contributed by atoms with Crippen molar-refractivity contribution in [1.29, 1.82) is 0 Å². The fourth-order valence-corrected chi connectivity index (χ4v) is 3.64. The molecule has 1 atom stereocenters. The van der Waals surface area contributed by atoms with Crippen LogP contribution in [0.25, 0.3) is 0 Å². The lowest BCUT2D eigenvalue weighted by molar-refractivity contribution is 0.0550. The topological polar surface area (TPSA) is 93.5 Å². The SMILES string of the molecule is Cc1ccc(C(=O)Nc2cnn(C[C@H]3CCCCN3C(=O)c3ccc(C)o3)c2)o1. The fourth-order valence-electron chi connectivity index (χ4n) is 3.64. The van der Waals surface area contributed by atoms with E-state index in [0.717, 1.165) is 25.0 Å². The fraction of sp³-hybridized carbons (Fsp3) is 0.381. The number of carbonyl (C=O) groups is 2. The molecule has 2 amide bonds. The van der Waals surface area contributed by atoms with Gasteiger partial charge in [-0.2, -0.15) is 5.10 Å². The summed E-state index contributed by atoms with van der Waals surface area (Å²) < 4.78 is 12.6. The van der Waals surface area contributed by atoms with E-state index in [1.807, 2.05) is 11.8 Å². The van der Waals surface area contributed by atoms with Crippen molar-refractivity contribution in [2.45, 2.75) is 45.7 Å². The lowest BCUT2D eigenvalue weighted by Crippen LogP contribution is -2.45. The molecule has 0 aliphatic carbocycles. The van der Waals surface area contributed by atoms with Crippen LogP contribution in [0.3, 0.4) is 0 Å². The average Bonchev–Trinajstić information content (AvgIpc) is 3.44. The first-order chi connectivity index (χ1) is 14.0. The summed E-state index contributed by atoms with van der Waals surface area (Å²) in [6.07, 6.45) is 6.30. The van der Waals surface area contributed by atoms with Crippen LogP contribution in [0, 0.1) is 13.8 Å². The van der Waals surface area contributed by atoms with Crippen LogP contribution in [0.2, 0.25) is 0 Å². The minimum Gasteiger partial charge on any atom is -0.456 e. The van der Waals surface area contributed by atoms with Crippen molar-refractivity contribution in [3.05, 3.63) is 59.7 Å². The summed E-state index contributed by atoms with van der Waals surface area (Å²) in [5, 5.41) is 7.12. The van der Waals surface area contributed by atoms with Gasteiger partial charge in [-0.05, 0) is 57.4 Å². The molecule has 4 rings (SSSR count). The Kier molecular flexibility index (Phi) is 5.24. The maximum Gasteiger partial charge on any atom is 0.291 e. The monoisotopic (exact) mass is 396 g/mol. The van der Waals surface area contributed by atoms with Crippen molar-refractivity contribution in [2.24, 2.45) is 0 Å². The first-order valence-corrected chi connectivity index (χ1v) is 9.77. The van der Waals surface area contributed by atoms with E-state index in [2.05, 4.69) is 10.4 Å². The molecule has 1 saturated heterocycles. The minimum atomic E-state index is -0.319. The van der Waals surface area contributed by atoms with Crippen LogP contribution in [-0.4, -0.2) is 39.1 Å². The van der Waals surface area contributed by atoms with Gasteiger partial charge < -0.3 is 19.1 Å². The number of aryl methyl sites for hydroxylation is 2. The Labute approximate surface area is 168 Å². The highest BCUT2D eigenvalue weighted by molar-refractivity contribution is 6.02. The molecule has 0 saturated carbocycles. The van der Waals surface area contributed by atoms with Gasteiger partial charge in [0.2, 0.25) is 0 Å². The molecule has 4 heterocycles. The number of hydrogen-bond donors (Lipinski definition) is 1. The Bertz CT molecular complexity index is 1020. The van der Waals surface area contributed by atoms with Gasteiger partial charge in [-0.1, -0.05) is 0 Å². The number of nitrogens with one attached hydrogen (secondary N) is 1. The molecule has 1 aliphatic heterocycles. The van der Waals surface area contributed by atoms with E-state index in [0.29, 0.717) is 30.3 Å². The Morgan fingerprint density at radius 2 is 1.83 bits per heavy atom. The molecule has 0 unspecified atom stereocenters. The van der Waals surface area contributed by atoms with Gasteiger partial charge in [-0.3, -0.25) is 14.3 Å². The largest absolute Gasteiger partial charge is 0.456 e. The number of rotatable bonds is 5. The van der Waals surface area contributed by atoms with E-state index >= 15 is 0 Å². The molecule has 1 fully saturated rings. The number of amides is 2. The summed E-state index contributed by atoms with van der Waals surface area (Å²) in [6, 6.07) is 6.93. The lowest BCUT2D eigenvalue weighted by atomic mass is 10.0. The number of furan rings is 2. The maximum absolute atomic E-state index is 12.9. The highest BCUT2D eigenvalue weighted by Crippen LogP contribution is 2.22. The van der Waals surface area contributed by atoms with Crippen molar-refractivity contribution >= 4 is 17.5 Å². The third-order valence-electron chi connectivity index (χ3n) is 5.09. The average molecular weight is 396 g/mol. The van der Waals surface area contributed by atoms with Crippen LogP contribution in [0.1, 0.15) is 51.9 Å². The van der Waals surface area contributed by atoms with E-state index in [4.69, 9.17) is 8.83 Å². The Balaban J connectivity index is 1.42. The molecule has 1 aliphatic rings. The summed E-state index contributed by atoms with van der Waals surface area (Å²) in [6.45, 7) is 4.87. The van der Waals surface area contributed by atoms with Gasteiger partial charge in [0.1, 0.15) is 11.5 Å². The third-order valence-corrected chi connectivity index (χ3v) is 5.09. The quantitative estimate of drug-likeness (QED) is 0.711. The number of hydrogen-bond acceptors (Lipinski definition) is 5. The highest BCUT2D eigenvalue weighted by atomic mass is 16.4. The lowest BCUT2D eigenvalue weighted by Gasteiger charge is -2.35. The predicted molar refractivity (Wildman–Crippen MR) is 106 cm³/mol. The van der Waals surface area contributed by atoms with Gasteiger partial charge in [0.15, 0.2) is 11.5 Å². The predicted octanol–water partition coefficient (Wildman–Crippen LogP) is 3.63. The van der Waals surface area contributed by atoms with Crippen LogP contribution in [-0.2, 0) is 6.54 Å². The first-order valence-electron chi connectivity index (χ1n) is 9.77. The van der Waals surface area contributed by atoms with Crippen LogP contribution >= 0.6 is 0 Å². The minimum absolute atomic E-state index is 0.0258. The van der Waals surface area contributed by atoms with Crippen LogP contribution in [0.4, 0.5) is 5.69 Å². The second-order valence-electron chi connectivity index (χ2n) is 7.37. The molecule has 3 aromatic rings. The van der Waals surface area contributed by atoms with E-state index in [-0.39, 0.29) is 23.6 Å². The van der Waals surface area contributed by atoms with Gasteiger partial charge in [0.25, 0.3) is 11.8 Å². The van der Waals surface area contributed by atoms with Crippen molar-refractivity contribution < 1.29 is 18.4 Å². The number of carbonyl (C=O) groups excluding carboxylic acids is 2. The van der Waals surface area contributed by atoms with E-state index in [1.54, 1.807) is 48.3 Å². The van der Waals surface area contributed by atoms with Crippen molar-refractivity contribution in [1.82, 2.24) is 14.7 Å². The molecule has 0 bridgehead atoms. The summed E-state index contributed by atoms with van der Waals surface area (Å²) in [4.78, 5) is 26.9. The molecule has 1 N–H and O–H groups in total. The second kappa shape index (κ2) is 7.98. The third kappa shape index (κ3) is 4.26. The molecule has 0 spiro atoms. The van der Waals surface area contributed by atoms with E-state index < -0.39 is 0 Å². The van der Waals surface area contributed by atoms with Gasteiger partial charge in [0, 0.05) is 12.7 Å². The number of nitrogens with zero attached hydrogens (tertiary/aromatic N) is 3. The number of anilines is 1. The molecule has 8 heteroatoms. The summed E-state index contributed by atoms with van der Waals surface area (Å²) in [7, 11) is 0. The standard InChI is InChI=1S/C21H24N4O4/c1-14-6-8-18(28-14)20(26)23-16-11-22-24(12-16)13-17-5-3-4-10-25(17)21(27)19-9-7-15(2)29-19/h6-9,11-12,17H,3-5,10,13H2,1-2H3,(H,23,26)/t17-/m1/s1.